The standard InChI is InChI=1S/C9H18O2/c1-4-7(2)5-8(3)9(11)6-10/h7-8,10H,4-6H2,1-3H3. The molecule has 0 spiro atoms. The molecule has 0 bridgehead atoms. The molecular formula is C9H18O2. The van der Waals surface area contributed by atoms with Gasteiger partial charge in [0.05, 0.1) is 0 Å². The summed E-state index contributed by atoms with van der Waals surface area (Å²) in [5, 5.41) is 8.54. The minimum atomic E-state index is -0.308. The van der Waals surface area contributed by atoms with Gasteiger partial charge in [0.15, 0.2) is 5.78 Å². The van der Waals surface area contributed by atoms with Crippen molar-refractivity contribution in [3.63, 3.8) is 0 Å². The van der Waals surface area contributed by atoms with Crippen LogP contribution < -0.4 is 0 Å². The van der Waals surface area contributed by atoms with Crippen LogP contribution in [0, 0.1) is 11.8 Å². The Bertz CT molecular complexity index is 121. The number of hydrogen-bond acceptors (Lipinski definition) is 2. The molecule has 1 N–H and O–H groups in total. The summed E-state index contributed by atoms with van der Waals surface area (Å²) >= 11 is 0. The summed E-state index contributed by atoms with van der Waals surface area (Å²) in [6.07, 6.45) is 2.00. The summed E-state index contributed by atoms with van der Waals surface area (Å²) in [6, 6.07) is 0. The Kier molecular flexibility index (Phi) is 5.12. The van der Waals surface area contributed by atoms with E-state index in [1.165, 1.54) is 0 Å². The number of hydrogen-bond donors (Lipinski definition) is 1. The molecule has 0 fully saturated rings. The highest BCUT2D eigenvalue weighted by Crippen LogP contribution is 2.14. The van der Waals surface area contributed by atoms with Crippen LogP contribution in [0.2, 0.25) is 0 Å². The quantitative estimate of drug-likeness (QED) is 0.660. The summed E-state index contributed by atoms with van der Waals surface area (Å²) in [6.45, 7) is 5.81. The van der Waals surface area contributed by atoms with Crippen molar-refractivity contribution in [1.29, 1.82) is 0 Å². The molecule has 66 valence electrons. The minimum Gasteiger partial charge on any atom is -0.389 e. The van der Waals surface area contributed by atoms with Crippen molar-refractivity contribution in [3.8, 4) is 0 Å². The van der Waals surface area contributed by atoms with Crippen LogP contribution in [-0.2, 0) is 4.79 Å². The van der Waals surface area contributed by atoms with Gasteiger partial charge < -0.3 is 5.11 Å². The van der Waals surface area contributed by atoms with Gasteiger partial charge in [-0.05, 0) is 12.3 Å². The van der Waals surface area contributed by atoms with E-state index >= 15 is 0 Å². The van der Waals surface area contributed by atoms with Crippen LogP contribution in [0.25, 0.3) is 0 Å². The molecule has 0 rings (SSSR count). The zero-order chi connectivity index (χ0) is 8.85. The molecule has 0 aromatic carbocycles. The monoisotopic (exact) mass is 158 g/mol. The molecular weight excluding hydrogens is 140 g/mol. The normalized spacial score (nSPS) is 16.0. The predicted octanol–water partition coefficient (Wildman–Crippen LogP) is 1.62. The van der Waals surface area contributed by atoms with Crippen LogP contribution >= 0.6 is 0 Å². The fourth-order valence-electron chi connectivity index (χ4n) is 1.06. The van der Waals surface area contributed by atoms with Crippen LogP contribution in [0.5, 0.6) is 0 Å². The van der Waals surface area contributed by atoms with E-state index in [2.05, 4.69) is 13.8 Å². The van der Waals surface area contributed by atoms with Gasteiger partial charge in [-0.2, -0.15) is 0 Å². The number of ketones is 1. The predicted molar refractivity (Wildman–Crippen MR) is 45.3 cm³/mol. The summed E-state index contributed by atoms with van der Waals surface area (Å²) in [4.78, 5) is 10.9. The molecule has 2 nitrogen and oxygen atoms in total. The van der Waals surface area contributed by atoms with Crippen LogP contribution in [0.1, 0.15) is 33.6 Å². The van der Waals surface area contributed by atoms with Gasteiger partial charge in [0.1, 0.15) is 6.61 Å². The van der Waals surface area contributed by atoms with E-state index in [0.717, 1.165) is 12.8 Å². The number of aliphatic hydroxyl groups is 1. The lowest BCUT2D eigenvalue weighted by atomic mass is 9.93. The molecule has 0 aromatic heterocycles. The molecule has 0 saturated heterocycles. The van der Waals surface area contributed by atoms with Crippen LogP contribution in [0.4, 0.5) is 0 Å². The van der Waals surface area contributed by atoms with Gasteiger partial charge in [-0.1, -0.05) is 27.2 Å². The van der Waals surface area contributed by atoms with E-state index in [0.29, 0.717) is 5.92 Å². The van der Waals surface area contributed by atoms with Crippen molar-refractivity contribution in [2.24, 2.45) is 11.8 Å². The molecule has 11 heavy (non-hydrogen) atoms. The molecule has 0 aliphatic rings. The third-order valence-electron chi connectivity index (χ3n) is 2.16. The number of aliphatic hydroxyl groups excluding tert-OH is 1. The molecule has 2 heteroatoms. The molecule has 2 unspecified atom stereocenters. The van der Waals surface area contributed by atoms with Crippen molar-refractivity contribution in [3.05, 3.63) is 0 Å². The highest BCUT2D eigenvalue weighted by atomic mass is 16.3. The van der Waals surface area contributed by atoms with Crippen LogP contribution in [0.15, 0.2) is 0 Å². The van der Waals surface area contributed by atoms with E-state index in [9.17, 15) is 4.79 Å². The zero-order valence-corrected chi connectivity index (χ0v) is 7.63. The summed E-state index contributed by atoms with van der Waals surface area (Å²) in [5.74, 6) is 0.570. The molecule has 2 atom stereocenters. The molecule has 0 heterocycles. The Morgan fingerprint density at radius 1 is 1.45 bits per heavy atom. The van der Waals surface area contributed by atoms with Crippen LogP contribution in [0.3, 0.4) is 0 Å². The Balaban J connectivity index is 3.67. The van der Waals surface area contributed by atoms with E-state index in [4.69, 9.17) is 5.11 Å². The first-order valence-electron chi connectivity index (χ1n) is 4.25. The van der Waals surface area contributed by atoms with Crippen molar-refractivity contribution in [1.82, 2.24) is 0 Å². The van der Waals surface area contributed by atoms with E-state index in [-0.39, 0.29) is 18.3 Å². The Morgan fingerprint density at radius 2 is 2.00 bits per heavy atom. The van der Waals surface area contributed by atoms with Gasteiger partial charge in [0, 0.05) is 5.92 Å². The lowest BCUT2D eigenvalue weighted by Gasteiger charge is -2.13. The number of carbonyl (C=O) groups is 1. The molecule has 0 aliphatic heterocycles. The average Bonchev–Trinajstić information content (AvgIpc) is 2.02. The van der Waals surface area contributed by atoms with E-state index in [1.807, 2.05) is 6.92 Å². The highest BCUT2D eigenvalue weighted by molar-refractivity contribution is 5.81. The maximum atomic E-state index is 10.9. The Labute approximate surface area is 68.6 Å². The zero-order valence-electron chi connectivity index (χ0n) is 7.63. The van der Waals surface area contributed by atoms with Gasteiger partial charge in [0.25, 0.3) is 0 Å². The van der Waals surface area contributed by atoms with Crippen molar-refractivity contribution in [2.75, 3.05) is 6.61 Å². The molecule has 0 aliphatic carbocycles. The Morgan fingerprint density at radius 3 is 2.36 bits per heavy atom. The third kappa shape index (κ3) is 4.14. The Hall–Kier alpha value is -0.370. The summed E-state index contributed by atoms with van der Waals surface area (Å²) < 4.78 is 0. The topological polar surface area (TPSA) is 37.3 Å². The first-order chi connectivity index (χ1) is 5.11. The first kappa shape index (κ1) is 10.6. The van der Waals surface area contributed by atoms with Crippen molar-refractivity contribution in [2.45, 2.75) is 33.6 Å². The molecule has 0 amide bonds. The van der Waals surface area contributed by atoms with Gasteiger partial charge >= 0.3 is 0 Å². The second kappa shape index (κ2) is 5.30. The lowest BCUT2D eigenvalue weighted by molar-refractivity contribution is -0.125. The highest BCUT2D eigenvalue weighted by Gasteiger charge is 2.13. The number of Topliss-reactive ketones (excluding diaryl/α,β-unsaturated/α-hetero) is 1. The summed E-state index contributed by atoms with van der Waals surface area (Å²) in [5.41, 5.74) is 0. The van der Waals surface area contributed by atoms with Crippen molar-refractivity contribution >= 4 is 5.78 Å². The largest absolute Gasteiger partial charge is 0.389 e. The number of rotatable bonds is 5. The second-order valence-corrected chi connectivity index (χ2v) is 3.27. The van der Waals surface area contributed by atoms with E-state index in [1.54, 1.807) is 0 Å². The molecule has 0 saturated carbocycles. The summed E-state index contributed by atoms with van der Waals surface area (Å²) in [7, 11) is 0. The fourth-order valence-corrected chi connectivity index (χ4v) is 1.06. The van der Waals surface area contributed by atoms with Gasteiger partial charge in [-0.25, -0.2) is 0 Å². The third-order valence-corrected chi connectivity index (χ3v) is 2.16. The average molecular weight is 158 g/mol. The van der Waals surface area contributed by atoms with Gasteiger partial charge in [0.2, 0.25) is 0 Å². The second-order valence-electron chi connectivity index (χ2n) is 3.27. The maximum Gasteiger partial charge on any atom is 0.160 e. The smallest absolute Gasteiger partial charge is 0.160 e. The van der Waals surface area contributed by atoms with Gasteiger partial charge in [-0.3, -0.25) is 4.79 Å². The molecule has 0 aromatic rings. The van der Waals surface area contributed by atoms with Gasteiger partial charge in [-0.15, -0.1) is 0 Å². The molecule has 0 radical (unpaired) electrons. The lowest BCUT2D eigenvalue weighted by Crippen LogP contribution is -2.17. The van der Waals surface area contributed by atoms with Crippen LogP contribution in [-0.4, -0.2) is 17.5 Å². The SMILES string of the molecule is CCC(C)CC(C)C(=O)CO. The number of carbonyl (C=O) groups excluding carboxylic acids is 1. The van der Waals surface area contributed by atoms with Crippen molar-refractivity contribution < 1.29 is 9.90 Å². The first-order valence-corrected chi connectivity index (χ1v) is 4.25. The fraction of sp³-hybridized carbons (Fsp3) is 0.889. The van der Waals surface area contributed by atoms with E-state index < -0.39 is 0 Å². The maximum absolute atomic E-state index is 10.9. The minimum absolute atomic E-state index is 0.0231.